The quantitative estimate of drug-likeness (QED) is 0.685. The van der Waals surface area contributed by atoms with Gasteiger partial charge in [-0.2, -0.15) is 0 Å². The summed E-state index contributed by atoms with van der Waals surface area (Å²) in [5.74, 6) is 0.780. The van der Waals surface area contributed by atoms with Gasteiger partial charge in [0.15, 0.2) is 11.6 Å². The topological polar surface area (TPSA) is 97.5 Å². The minimum absolute atomic E-state index is 0.151. The second-order valence-corrected chi connectivity index (χ2v) is 3.10. The molecular formula is C9H9N5O. The Labute approximate surface area is 85.2 Å². The van der Waals surface area contributed by atoms with Gasteiger partial charge in [-0.3, -0.25) is 4.79 Å². The van der Waals surface area contributed by atoms with E-state index in [1.165, 1.54) is 6.07 Å². The van der Waals surface area contributed by atoms with E-state index >= 15 is 0 Å². The molecule has 2 aromatic rings. The normalized spacial score (nSPS) is 10.2. The van der Waals surface area contributed by atoms with Crippen LogP contribution in [0.1, 0.15) is 5.56 Å². The Kier molecular flexibility index (Phi) is 2.17. The van der Waals surface area contributed by atoms with Crippen molar-refractivity contribution in [1.82, 2.24) is 19.9 Å². The summed E-state index contributed by atoms with van der Waals surface area (Å²) in [6.45, 7) is 1.87. The molecule has 0 radical (unpaired) electrons. The predicted octanol–water partition coefficient (Wildman–Crippen LogP) is 0.118. The number of anilines is 1. The number of aryl methyl sites for hydroxylation is 1. The number of nitrogens with two attached hydrogens (primary N) is 1. The molecule has 0 atom stereocenters. The molecule has 0 amide bonds. The van der Waals surface area contributed by atoms with Crippen molar-refractivity contribution in [3.8, 4) is 11.6 Å². The molecule has 76 valence electrons. The molecule has 0 unspecified atom stereocenters. The Morgan fingerprint density at radius 3 is 2.60 bits per heavy atom. The molecule has 2 aromatic heterocycles. The second-order valence-electron chi connectivity index (χ2n) is 3.10. The van der Waals surface area contributed by atoms with Crippen LogP contribution in [-0.4, -0.2) is 19.9 Å². The average molecular weight is 203 g/mol. The predicted molar refractivity (Wildman–Crippen MR) is 55.0 cm³/mol. The highest BCUT2D eigenvalue weighted by Crippen LogP contribution is 2.07. The summed E-state index contributed by atoms with van der Waals surface area (Å²) in [7, 11) is 0. The average Bonchev–Trinajstić information content (AvgIpc) is 2.17. The summed E-state index contributed by atoms with van der Waals surface area (Å²) in [5.41, 5.74) is 6.06. The molecule has 0 aromatic carbocycles. The first-order valence-electron chi connectivity index (χ1n) is 4.31. The first-order valence-corrected chi connectivity index (χ1v) is 4.31. The van der Waals surface area contributed by atoms with Crippen molar-refractivity contribution < 1.29 is 0 Å². The van der Waals surface area contributed by atoms with Crippen molar-refractivity contribution in [1.29, 1.82) is 0 Å². The third kappa shape index (κ3) is 1.98. The summed E-state index contributed by atoms with van der Waals surface area (Å²) in [4.78, 5) is 25.6. The van der Waals surface area contributed by atoms with Gasteiger partial charge in [-0.25, -0.2) is 15.0 Å². The Bertz CT molecular complexity index is 531. The Morgan fingerprint density at radius 2 is 2.00 bits per heavy atom. The fourth-order valence-electron chi connectivity index (χ4n) is 1.10. The van der Waals surface area contributed by atoms with Crippen molar-refractivity contribution in [2.45, 2.75) is 6.92 Å². The molecule has 0 fully saturated rings. The molecule has 6 nitrogen and oxygen atoms in total. The van der Waals surface area contributed by atoms with Crippen molar-refractivity contribution in [3.05, 3.63) is 34.4 Å². The van der Waals surface area contributed by atoms with Crippen LogP contribution in [0.2, 0.25) is 0 Å². The maximum Gasteiger partial charge on any atom is 0.253 e. The third-order valence-corrected chi connectivity index (χ3v) is 1.75. The zero-order valence-electron chi connectivity index (χ0n) is 8.06. The van der Waals surface area contributed by atoms with Crippen LogP contribution in [0.15, 0.2) is 23.3 Å². The molecule has 2 rings (SSSR count). The zero-order chi connectivity index (χ0) is 10.8. The fraction of sp³-hybridized carbons (Fsp3) is 0.111. The van der Waals surface area contributed by atoms with E-state index < -0.39 is 0 Å². The van der Waals surface area contributed by atoms with Gasteiger partial charge in [0.05, 0.1) is 0 Å². The summed E-state index contributed by atoms with van der Waals surface area (Å²) in [5, 5.41) is 0. The van der Waals surface area contributed by atoms with Gasteiger partial charge in [-0.05, 0) is 12.5 Å². The number of rotatable bonds is 1. The van der Waals surface area contributed by atoms with Gasteiger partial charge in [0.25, 0.3) is 5.56 Å². The maximum atomic E-state index is 11.1. The van der Waals surface area contributed by atoms with Gasteiger partial charge in [0.1, 0.15) is 5.82 Å². The van der Waals surface area contributed by atoms with Crippen LogP contribution < -0.4 is 11.3 Å². The van der Waals surface area contributed by atoms with E-state index in [1.807, 2.05) is 6.92 Å². The smallest absolute Gasteiger partial charge is 0.253 e. The van der Waals surface area contributed by atoms with Gasteiger partial charge in [-0.15, -0.1) is 0 Å². The van der Waals surface area contributed by atoms with Gasteiger partial charge in [0, 0.05) is 18.5 Å². The highest BCUT2D eigenvalue weighted by Gasteiger charge is 2.04. The minimum atomic E-state index is -0.318. The van der Waals surface area contributed by atoms with E-state index in [4.69, 9.17) is 5.73 Å². The molecule has 0 aliphatic carbocycles. The van der Waals surface area contributed by atoms with Crippen molar-refractivity contribution in [2.75, 3.05) is 5.73 Å². The van der Waals surface area contributed by atoms with E-state index in [2.05, 4.69) is 19.9 Å². The van der Waals surface area contributed by atoms with Crippen LogP contribution in [0, 0.1) is 6.92 Å². The molecule has 3 N–H and O–H groups in total. The SMILES string of the molecule is Cc1cnc(-c2nc(N)cc(=O)[nH]2)nc1. The van der Waals surface area contributed by atoms with Crippen molar-refractivity contribution in [2.24, 2.45) is 0 Å². The Balaban J connectivity index is 2.54. The standard InChI is InChI=1S/C9H9N5O/c1-5-3-11-8(12-4-5)9-13-6(10)2-7(15)14-9/h2-4H,1H3,(H3,10,13,14,15). The fourth-order valence-corrected chi connectivity index (χ4v) is 1.10. The van der Waals surface area contributed by atoms with Crippen LogP contribution in [0.5, 0.6) is 0 Å². The molecule has 6 heteroatoms. The lowest BCUT2D eigenvalue weighted by Crippen LogP contribution is -2.10. The number of nitrogens with one attached hydrogen (secondary N) is 1. The van der Waals surface area contributed by atoms with Crippen LogP contribution in [0.25, 0.3) is 11.6 Å². The van der Waals surface area contributed by atoms with Gasteiger partial charge in [-0.1, -0.05) is 0 Å². The number of H-pyrrole nitrogens is 1. The maximum absolute atomic E-state index is 11.1. The van der Waals surface area contributed by atoms with Crippen molar-refractivity contribution in [3.63, 3.8) is 0 Å². The lowest BCUT2D eigenvalue weighted by Gasteiger charge is -1.99. The highest BCUT2D eigenvalue weighted by molar-refractivity contribution is 5.45. The number of hydrogen-bond donors (Lipinski definition) is 2. The van der Waals surface area contributed by atoms with Gasteiger partial charge in [0.2, 0.25) is 0 Å². The van der Waals surface area contributed by atoms with Crippen LogP contribution in [0.4, 0.5) is 5.82 Å². The van der Waals surface area contributed by atoms with E-state index in [1.54, 1.807) is 12.4 Å². The van der Waals surface area contributed by atoms with E-state index in [0.717, 1.165) is 5.56 Å². The minimum Gasteiger partial charge on any atom is -0.383 e. The second kappa shape index (κ2) is 3.49. The summed E-state index contributed by atoms with van der Waals surface area (Å²) >= 11 is 0. The Morgan fingerprint density at radius 1 is 1.33 bits per heavy atom. The third-order valence-electron chi connectivity index (χ3n) is 1.75. The number of aromatic nitrogens is 4. The number of hydrogen-bond acceptors (Lipinski definition) is 5. The molecule has 15 heavy (non-hydrogen) atoms. The molecule has 0 aliphatic rings. The van der Waals surface area contributed by atoms with E-state index in [-0.39, 0.29) is 17.2 Å². The van der Waals surface area contributed by atoms with Crippen LogP contribution >= 0.6 is 0 Å². The lowest BCUT2D eigenvalue weighted by atomic mass is 10.4. The number of nitrogen functional groups attached to an aromatic ring is 1. The molecule has 0 saturated carbocycles. The molecule has 0 spiro atoms. The summed E-state index contributed by atoms with van der Waals surface area (Å²) in [6, 6.07) is 1.21. The molecule has 0 bridgehead atoms. The molecule has 0 aliphatic heterocycles. The van der Waals surface area contributed by atoms with E-state index in [0.29, 0.717) is 5.82 Å². The number of nitrogens with zero attached hydrogens (tertiary/aromatic N) is 3. The Hall–Kier alpha value is -2.24. The zero-order valence-corrected chi connectivity index (χ0v) is 8.06. The lowest BCUT2D eigenvalue weighted by molar-refractivity contribution is 1.05. The molecule has 0 saturated heterocycles. The van der Waals surface area contributed by atoms with Gasteiger partial charge < -0.3 is 10.7 Å². The van der Waals surface area contributed by atoms with Crippen molar-refractivity contribution >= 4 is 5.82 Å². The first-order chi connectivity index (χ1) is 7.15. The summed E-state index contributed by atoms with van der Waals surface area (Å²) < 4.78 is 0. The molecular weight excluding hydrogens is 194 g/mol. The largest absolute Gasteiger partial charge is 0.383 e. The number of aromatic amines is 1. The molecule has 2 heterocycles. The van der Waals surface area contributed by atoms with E-state index in [9.17, 15) is 4.79 Å². The van der Waals surface area contributed by atoms with Gasteiger partial charge >= 0.3 is 0 Å². The van der Waals surface area contributed by atoms with Crippen LogP contribution in [0.3, 0.4) is 0 Å². The highest BCUT2D eigenvalue weighted by atomic mass is 16.1. The van der Waals surface area contributed by atoms with Crippen LogP contribution in [-0.2, 0) is 0 Å². The first kappa shape index (κ1) is 9.32. The monoisotopic (exact) mass is 203 g/mol. The summed E-state index contributed by atoms with van der Waals surface area (Å²) in [6.07, 6.45) is 3.29.